The Morgan fingerprint density at radius 2 is 1.75 bits per heavy atom. The van der Waals surface area contributed by atoms with Gasteiger partial charge in [0.05, 0.1) is 5.56 Å². The molecule has 1 amide bonds. The van der Waals surface area contributed by atoms with Gasteiger partial charge in [0.2, 0.25) is 0 Å². The van der Waals surface area contributed by atoms with Crippen molar-refractivity contribution >= 4 is 17.5 Å². The number of hydrogen-bond acceptors (Lipinski definition) is 4. The van der Waals surface area contributed by atoms with E-state index in [9.17, 15) is 13.6 Å². The zero-order valence-electron chi connectivity index (χ0n) is 17.8. The van der Waals surface area contributed by atoms with E-state index in [0.29, 0.717) is 0 Å². The summed E-state index contributed by atoms with van der Waals surface area (Å²) in [6.07, 6.45) is 0. The first-order chi connectivity index (χ1) is 15.0. The van der Waals surface area contributed by atoms with Crippen LogP contribution in [0.3, 0.4) is 0 Å². The smallest absolute Gasteiger partial charge is 0.252 e. The van der Waals surface area contributed by atoms with Crippen LogP contribution in [0, 0.1) is 17.5 Å². The molecule has 0 atom stereocenters. The Morgan fingerprint density at radius 1 is 1.12 bits per heavy atom. The number of nitrogens with zero attached hydrogens (tertiary/aromatic N) is 3. The summed E-state index contributed by atoms with van der Waals surface area (Å²) in [5.41, 5.74) is -0.643. The molecule has 3 aromatic rings. The van der Waals surface area contributed by atoms with Gasteiger partial charge in [0.25, 0.3) is 5.91 Å². The molecular weight excluding hydrogens is 445 g/mol. The van der Waals surface area contributed by atoms with Crippen molar-refractivity contribution in [2.75, 3.05) is 0 Å². The van der Waals surface area contributed by atoms with E-state index in [-0.39, 0.29) is 51.9 Å². The normalized spacial score (nSPS) is 13.5. The Balaban J connectivity index is 1.80. The van der Waals surface area contributed by atoms with Crippen molar-refractivity contribution in [1.29, 1.82) is 0 Å². The van der Waals surface area contributed by atoms with Crippen molar-refractivity contribution in [3.63, 3.8) is 0 Å². The number of fused-ring (bicyclic) bond motifs is 1. The Kier molecular flexibility index (Phi) is 5.40. The van der Waals surface area contributed by atoms with E-state index in [4.69, 9.17) is 16.3 Å². The maximum Gasteiger partial charge on any atom is 0.252 e. The Bertz CT molecular complexity index is 1220. The summed E-state index contributed by atoms with van der Waals surface area (Å²) in [5, 5.41) is 10.8. The van der Waals surface area contributed by atoms with Crippen LogP contribution in [-0.2, 0) is 12.1 Å². The highest BCUT2D eigenvalue weighted by Gasteiger charge is 2.35. The molecule has 1 aromatic heterocycles. The summed E-state index contributed by atoms with van der Waals surface area (Å²) in [6.45, 7) is 6.92. The number of ether oxygens (including phenoxy) is 1. The summed E-state index contributed by atoms with van der Waals surface area (Å²) in [7, 11) is 0. The molecule has 1 N–H and O–H groups in total. The number of rotatable bonds is 5. The van der Waals surface area contributed by atoms with Gasteiger partial charge >= 0.3 is 0 Å². The second-order valence-electron chi connectivity index (χ2n) is 8.26. The summed E-state index contributed by atoms with van der Waals surface area (Å²) >= 11 is 5.69. The van der Waals surface area contributed by atoms with Crippen molar-refractivity contribution in [2.24, 2.45) is 0 Å². The van der Waals surface area contributed by atoms with E-state index in [1.165, 1.54) is 12.1 Å². The quantitative estimate of drug-likeness (QED) is 0.566. The van der Waals surface area contributed by atoms with Gasteiger partial charge in [0.15, 0.2) is 34.6 Å². The second-order valence-corrected chi connectivity index (χ2v) is 8.69. The van der Waals surface area contributed by atoms with Gasteiger partial charge in [-0.25, -0.2) is 13.2 Å². The Labute approximate surface area is 187 Å². The molecule has 0 unspecified atom stereocenters. The number of nitrogens with one attached hydrogen (secondary N) is 1. The van der Waals surface area contributed by atoms with Crippen LogP contribution in [0.2, 0.25) is 5.02 Å². The molecule has 0 radical (unpaired) electrons. The lowest BCUT2D eigenvalue weighted by Gasteiger charge is -2.28. The first-order valence-electron chi connectivity index (χ1n) is 9.90. The van der Waals surface area contributed by atoms with Gasteiger partial charge in [0, 0.05) is 28.7 Å². The summed E-state index contributed by atoms with van der Waals surface area (Å²) in [5.74, 6) is -2.98. The highest BCUT2D eigenvalue weighted by atomic mass is 35.5. The summed E-state index contributed by atoms with van der Waals surface area (Å²) in [4.78, 5) is 11.8. The van der Waals surface area contributed by atoms with Crippen LogP contribution in [0.1, 0.15) is 55.5 Å². The number of amides is 1. The fraction of sp³-hybridized carbons (Fsp3) is 0.318. The number of halogens is 4. The number of aromatic nitrogens is 3. The lowest BCUT2D eigenvalue weighted by atomic mass is 10.0. The lowest BCUT2D eigenvalue weighted by Crippen LogP contribution is -2.31. The maximum atomic E-state index is 15.3. The van der Waals surface area contributed by atoms with Crippen molar-refractivity contribution in [2.45, 2.75) is 45.9 Å². The van der Waals surface area contributed by atoms with E-state index in [2.05, 4.69) is 15.5 Å². The third-order valence-corrected chi connectivity index (χ3v) is 5.44. The molecule has 2 heterocycles. The molecule has 4 rings (SSSR count). The first kappa shape index (κ1) is 22.1. The van der Waals surface area contributed by atoms with Gasteiger partial charge in [-0.2, -0.15) is 0 Å². The van der Waals surface area contributed by atoms with Crippen molar-refractivity contribution < 1.29 is 22.7 Å². The third-order valence-electron chi connectivity index (χ3n) is 5.23. The molecule has 0 fully saturated rings. The highest BCUT2D eigenvalue weighted by molar-refractivity contribution is 6.30. The minimum atomic E-state index is -1.34. The minimum Gasteiger partial charge on any atom is -0.474 e. The topological polar surface area (TPSA) is 69.0 Å². The van der Waals surface area contributed by atoms with E-state index in [1.54, 1.807) is 18.4 Å². The molecule has 168 valence electrons. The molecule has 6 nitrogen and oxygen atoms in total. The van der Waals surface area contributed by atoms with Gasteiger partial charge in [-0.15, -0.1) is 10.2 Å². The molecule has 0 saturated heterocycles. The molecule has 32 heavy (non-hydrogen) atoms. The van der Waals surface area contributed by atoms with E-state index < -0.39 is 28.8 Å². The molecule has 10 heteroatoms. The molecular formula is C22H20ClF3N4O2. The largest absolute Gasteiger partial charge is 0.474 e. The predicted octanol–water partition coefficient (Wildman–Crippen LogP) is 5.15. The first-order valence-corrected chi connectivity index (χ1v) is 10.3. The van der Waals surface area contributed by atoms with Crippen molar-refractivity contribution in [1.82, 2.24) is 20.1 Å². The summed E-state index contributed by atoms with van der Waals surface area (Å²) < 4.78 is 51.2. The number of carbonyl (C=O) groups excluding carboxylic acids is 1. The van der Waals surface area contributed by atoms with Crippen LogP contribution in [0.4, 0.5) is 13.2 Å². The van der Waals surface area contributed by atoms with Crippen molar-refractivity contribution in [3.05, 3.63) is 63.7 Å². The number of benzene rings is 2. The van der Waals surface area contributed by atoms with Gasteiger partial charge in [0.1, 0.15) is 5.82 Å². The van der Waals surface area contributed by atoms with Gasteiger partial charge < -0.3 is 14.6 Å². The zero-order valence-corrected chi connectivity index (χ0v) is 18.5. The van der Waals surface area contributed by atoms with E-state index in [0.717, 1.165) is 12.1 Å². The van der Waals surface area contributed by atoms with Crippen LogP contribution in [0.25, 0.3) is 11.4 Å². The molecule has 1 aliphatic rings. The fourth-order valence-electron chi connectivity index (χ4n) is 3.75. The van der Waals surface area contributed by atoms with Crippen LogP contribution in [-0.4, -0.2) is 20.7 Å². The molecule has 1 aliphatic heterocycles. The second kappa shape index (κ2) is 7.81. The molecule has 2 aromatic carbocycles. The van der Waals surface area contributed by atoms with Gasteiger partial charge in [-0.05, 0) is 52.0 Å². The zero-order chi connectivity index (χ0) is 23.4. The fourth-order valence-corrected chi connectivity index (χ4v) is 3.94. The number of hydrogen-bond donors (Lipinski definition) is 1. The average molecular weight is 465 g/mol. The molecule has 0 saturated carbocycles. The summed E-state index contributed by atoms with van der Waals surface area (Å²) in [6, 6.07) is 4.66. The van der Waals surface area contributed by atoms with E-state index in [1.807, 2.05) is 13.8 Å². The van der Waals surface area contributed by atoms with Crippen LogP contribution in [0.15, 0.2) is 24.3 Å². The minimum absolute atomic E-state index is 0.0836. The monoisotopic (exact) mass is 464 g/mol. The molecule has 0 bridgehead atoms. The SMILES string of the molecule is CC(C)n1c(-c2ccc3c(c2F)CNC3=O)nnc1C(C)(C)Oc1c(F)cc(Cl)cc1F. The third kappa shape index (κ3) is 3.60. The van der Waals surface area contributed by atoms with Gasteiger partial charge in [-0.1, -0.05) is 11.6 Å². The maximum absolute atomic E-state index is 15.3. The van der Waals surface area contributed by atoms with Crippen LogP contribution < -0.4 is 10.1 Å². The Morgan fingerprint density at radius 3 is 2.38 bits per heavy atom. The average Bonchev–Trinajstić information content (AvgIpc) is 3.30. The lowest BCUT2D eigenvalue weighted by molar-refractivity contribution is 0.0814. The highest BCUT2D eigenvalue weighted by Crippen LogP contribution is 2.36. The predicted molar refractivity (Wildman–Crippen MR) is 112 cm³/mol. The van der Waals surface area contributed by atoms with Gasteiger partial charge in [-0.3, -0.25) is 4.79 Å². The Hall–Kier alpha value is -3.07. The van der Waals surface area contributed by atoms with E-state index >= 15 is 4.39 Å². The molecule has 0 spiro atoms. The standard InChI is InChI=1S/C22H20ClF3N4O2/c1-10(2)30-19(13-6-5-12-14(17(13)26)9-27-20(12)31)28-29-21(30)22(3,4)32-18-15(24)7-11(23)8-16(18)25/h5-8,10H,9H2,1-4H3,(H,27,31). The van der Waals surface area contributed by atoms with Crippen LogP contribution >= 0.6 is 11.6 Å². The number of carbonyl (C=O) groups is 1. The van der Waals surface area contributed by atoms with Crippen LogP contribution in [0.5, 0.6) is 5.75 Å². The van der Waals surface area contributed by atoms with Crippen molar-refractivity contribution in [3.8, 4) is 17.1 Å². The molecule has 0 aliphatic carbocycles.